The van der Waals surface area contributed by atoms with Crippen molar-refractivity contribution in [2.24, 2.45) is 5.92 Å². The Morgan fingerprint density at radius 2 is 2.00 bits per heavy atom. The summed E-state index contributed by atoms with van der Waals surface area (Å²) in [7, 11) is 0. The summed E-state index contributed by atoms with van der Waals surface area (Å²) >= 11 is 3.35. The zero-order chi connectivity index (χ0) is 14.2. The minimum absolute atomic E-state index is 0.440. The van der Waals surface area contributed by atoms with Gasteiger partial charge in [-0.25, -0.2) is 9.59 Å². The van der Waals surface area contributed by atoms with Crippen molar-refractivity contribution in [1.82, 2.24) is 4.57 Å². The summed E-state index contributed by atoms with van der Waals surface area (Å²) in [6.45, 7) is 6.63. The van der Waals surface area contributed by atoms with Gasteiger partial charge in [-0.2, -0.15) is 0 Å². The van der Waals surface area contributed by atoms with E-state index in [-0.39, 0.29) is 0 Å². The summed E-state index contributed by atoms with van der Waals surface area (Å²) in [4.78, 5) is 23.7. The molecule has 0 saturated carbocycles. The van der Waals surface area contributed by atoms with Gasteiger partial charge in [-0.1, -0.05) is 29.8 Å². The van der Waals surface area contributed by atoms with Gasteiger partial charge in [0.25, 0.3) is 0 Å². The molecule has 1 aromatic heterocycles. The molecule has 2 rings (SSSR count). The lowest BCUT2D eigenvalue weighted by atomic mass is 10.1. The van der Waals surface area contributed by atoms with E-state index >= 15 is 0 Å². The molecule has 5 heteroatoms. The smallest absolute Gasteiger partial charge is 0.372 e. The molecule has 0 aliphatic heterocycles. The molecule has 102 valence electrons. The Morgan fingerprint density at radius 1 is 1.32 bits per heavy atom. The summed E-state index contributed by atoms with van der Waals surface area (Å²) in [6, 6.07) is 3.59. The van der Waals surface area contributed by atoms with Crippen LogP contribution >= 0.6 is 15.9 Å². The molecule has 0 bridgehead atoms. The van der Waals surface area contributed by atoms with E-state index in [4.69, 9.17) is 4.42 Å². The fourth-order valence-corrected chi connectivity index (χ4v) is 2.69. The van der Waals surface area contributed by atoms with Crippen LogP contribution in [0.3, 0.4) is 0 Å². The third-order valence-electron chi connectivity index (χ3n) is 3.09. The van der Waals surface area contributed by atoms with Crippen LogP contribution in [-0.4, -0.2) is 4.57 Å². The Bertz CT molecular complexity index is 728. The number of hydrogen-bond donors (Lipinski definition) is 0. The summed E-state index contributed by atoms with van der Waals surface area (Å²) < 4.78 is 7.15. The van der Waals surface area contributed by atoms with Crippen molar-refractivity contribution < 1.29 is 4.42 Å². The molecule has 0 saturated heterocycles. The predicted octanol–water partition coefficient (Wildman–Crippen LogP) is 3.07. The van der Waals surface area contributed by atoms with Crippen molar-refractivity contribution in [1.29, 1.82) is 0 Å². The summed E-state index contributed by atoms with van der Waals surface area (Å²) in [5.41, 5.74) is 0.980. The molecule has 0 radical (unpaired) electrons. The van der Waals surface area contributed by atoms with E-state index in [1.165, 1.54) is 0 Å². The van der Waals surface area contributed by atoms with Crippen LogP contribution in [0.15, 0.2) is 30.6 Å². The highest BCUT2D eigenvalue weighted by atomic mass is 79.9. The van der Waals surface area contributed by atoms with Gasteiger partial charge in [-0.05, 0) is 37.0 Å². The second kappa shape index (κ2) is 5.33. The number of hydrogen-bond acceptors (Lipinski definition) is 3. The van der Waals surface area contributed by atoms with Gasteiger partial charge in [0.05, 0.1) is 10.9 Å². The molecule has 0 aliphatic rings. The van der Waals surface area contributed by atoms with E-state index in [1.54, 1.807) is 10.6 Å². The molecule has 1 heterocycles. The zero-order valence-electron chi connectivity index (χ0n) is 11.2. The first-order valence-corrected chi connectivity index (χ1v) is 7.03. The predicted molar refractivity (Wildman–Crippen MR) is 78.6 cm³/mol. The van der Waals surface area contributed by atoms with E-state index in [9.17, 15) is 9.59 Å². The molecule has 0 atom stereocenters. The topological polar surface area (TPSA) is 52.2 Å². The Labute approximate surface area is 119 Å². The molecule has 19 heavy (non-hydrogen) atoms. The van der Waals surface area contributed by atoms with Gasteiger partial charge in [0.2, 0.25) is 0 Å². The van der Waals surface area contributed by atoms with E-state index < -0.39 is 11.4 Å². The highest BCUT2D eigenvalue weighted by molar-refractivity contribution is 9.10. The number of aromatic nitrogens is 1. The van der Waals surface area contributed by atoms with Crippen molar-refractivity contribution in [2.45, 2.75) is 33.7 Å². The lowest BCUT2D eigenvalue weighted by Crippen LogP contribution is -2.26. The third-order valence-corrected chi connectivity index (χ3v) is 3.54. The van der Waals surface area contributed by atoms with Crippen molar-refractivity contribution in [3.63, 3.8) is 0 Å². The third kappa shape index (κ3) is 2.81. The van der Waals surface area contributed by atoms with E-state index in [0.717, 1.165) is 16.5 Å². The Kier molecular flexibility index (Phi) is 3.94. The minimum Gasteiger partial charge on any atom is -0.372 e. The first-order chi connectivity index (χ1) is 8.90. The van der Waals surface area contributed by atoms with Gasteiger partial charge in [0, 0.05) is 11.0 Å². The van der Waals surface area contributed by atoms with Crippen LogP contribution in [0.25, 0.3) is 10.9 Å². The molecule has 2 aromatic rings. The van der Waals surface area contributed by atoms with Crippen LogP contribution in [0.2, 0.25) is 0 Å². The number of benzene rings is 1. The van der Waals surface area contributed by atoms with Gasteiger partial charge in [-0.15, -0.1) is 0 Å². The van der Waals surface area contributed by atoms with Crippen LogP contribution in [0.1, 0.15) is 25.8 Å². The lowest BCUT2D eigenvalue weighted by Gasteiger charge is -2.12. The van der Waals surface area contributed by atoms with E-state index in [2.05, 4.69) is 29.8 Å². The van der Waals surface area contributed by atoms with Crippen LogP contribution in [0, 0.1) is 12.8 Å². The highest BCUT2D eigenvalue weighted by Gasteiger charge is 2.12. The highest BCUT2D eigenvalue weighted by Crippen LogP contribution is 2.21. The van der Waals surface area contributed by atoms with E-state index in [0.29, 0.717) is 23.4 Å². The summed E-state index contributed by atoms with van der Waals surface area (Å²) in [6.07, 6.45) is 0.859. The van der Waals surface area contributed by atoms with Crippen LogP contribution in [0.5, 0.6) is 0 Å². The van der Waals surface area contributed by atoms with Crippen molar-refractivity contribution in [3.8, 4) is 0 Å². The zero-order valence-corrected chi connectivity index (χ0v) is 12.8. The van der Waals surface area contributed by atoms with Gasteiger partial charge in [0.15, 0.2) is 0 Å². The molecule has 0 fully saturated rings. The fraction of sp³-hybridized carbons (Fsp3) is 0.429. The molecule has 0 unspecified atom stereocenters. The molecule has 0 spiro atoms. The number of aryl methyl sites for hydroxylation is 2. The molecular weight excluding hydrogens is 310 g/mol. The number of fused-ring (bicyclic) bond motifs is 1. The lowest BCUT2D eigenvalue weighted by molar-refractivity contribution is 0.399. The maximum Gasteiger partial charge on any atom is 0.422 e. The normalized spacial score (nSPS) is 11.4. The number of nitrogens with zero attached hydrogens (tertiary/aromatic N) is 1. The molecule has 0 amide bonds. The maximum absolute atomic E-state index is 11.9. The van der Waals surface area contributed by atoms with Crippen LogP contribution in [0.4, 0.5) is 0 Å². The quantitative estimate of drug-likeness (QED) is 0.871. The standard InChI is InChI=1S/C14H16BrNO3/c1-8(2)4-5-16-12-9(3)6-10(15)7-11(12)13(17)19-14(16)18/h6-8H,4-5H2,1-3H3. The summed E-state index contributed by atoms with van der Waals surface area (Å²) in [5.74, 6) is -0.104. The Balaban J connectivity index is 2.76. The van der Waals surface area contributed by atoms with Crippen LogP contribution in [-0.2, 0) is 6.54 Å². The molecule has 0 aliphatic carbocycles. The van der Waals surface area contributed by atoms with Gasteiger partial charge < -0.3 is 4.42 Å². The number of halogens is 1. The minimum atomic E-state index is -0.580. The van der Waals surface area contributed by atoms with Crippen molar-refractivity contribution in [3.05, 3.63) is 43.1 Å². The maximum atomic E-state index is 11.9. The first kappa shape index (κ1) is 14.1. The van der Waals surface area contributed by atoms with Gasteiger partial charge in [-0.3, -0.25) is 4.57 Å². The molecule has 0 N–H and O–H groups in total. The van der Waals surface area contributed by atoms with Crippen molar-refractivity contribution >= 4 is 26.8 Å². The molecular formula is C14H16BrNO3. The Morgan fingerprint density at radius 3 is 2.63 bits per heavy atom. The van der Waals surface area contributed by atoms with Gasteiger partial charge >= 0.3 is 11.4 Å². The van der Waals surface area contributed by atoms with E-state index in [1.807, 2.05) is 13.0 Å². The largest absolute Gasteiger partial charge is 0.422 e. The molecule has 4 nitrogen and oxygen atoms in total. The second-order valence-corrected chi connectivity index (χ2v) is 6.02. The van der Waals surface area contributed by atoms with Crippen molar-refractivity contribution in [2.75, 3.05) is 0 Å². The SMILES string of the molecule is Cc1cc(Br)cc2c(=O)oc(=O)n(CCC(C)C)c12. The average Bonchev–Trinajstić information content (AvgIpc) is 2.29. The monoisotopic (exact) mass is 325 g/mol. The first-order valence-electron chi connectivity index (χ1n) is 6.24. The summed E-state index contributed by atoms with van der Waals surface area (Å²) in [5, 5.41) is 0.440. The number of rotatable bonds is 3. The van der Waals surface area contributed by atoms with Crippen LogP contribution < -0.4 is 11.4 Å². The average molecular weight is 326 g/mol. The van der Waals surface area contributed by atoms with Gasteiger partial charge in [0.1, 0.15) is 0 Å². The molecule has 1 aromatic carbocycles. The fourth-order valence-electron chi connectivity index (χ4n) is 2.12. The Hall–Kier alpha value is -1.36. The second-order valence-electron chi connectivity index (χ2n) is 5.11.